The molecule has 0 radical (unpaired) electrons. The van der Waals surface area contributed by atoms with Crippen LogP contribution in [0.25, 0.3) is 0 Å². The second-order valence-electron chi connectivity index (χ2n) is 7.35. The lowest BCUT2D eigenvalue weighted by atomic mass is 9.91. The maximum atomic E-state index is 12.6. The summed E-state index contributed by atoms with van der Waals surface area (Å²) < 4.78 is 29.4. The Morgan fingerprint density at radius 3 is 2.03 bits per heavy atom. The van der Waals surface area contributed by atoms with Crippen LogP contribution in [0.4, 0.5) is 0 Å². The first-order valence-corrected chi connectivity index (χ1v) is 9.02. The molecule has 12 heteroatoms. The molecule has 0 aromatic carbocycles. The zero-order valence-electron chi connectivity index (χ0n) is 16.1. The van der Waals surface area contributed by atoms with Gasteiger partial charge in [0.15, 0.2) is 36.3 Å². The lowest BCUT2D eigenvalue weighted by Gasteiger charge is -2.24. The zero-order valence-corrected chi connectivity index (χ0v) is 16.9. The Morgan fingerprint density at radius 2 is 1.53 bits per heavy atom. The molecule has 2 aromatic heterocycles. The Morgan fingerprint density at radius 1 is 1.00 bits per heavy atom. The van der Waals surface area contributed by atoms with Gasteiger partial charge in [-0.3, -0.25) is 9.59 Å². The number of hydrogen-bond acceptors (Lipinski definition) is 11. The second-order valence-corrected chi connectivity index (χ2v) is 7.35. The van der Waals surface area contributed by atoms with Crippen LogP contribution in [0.15, 0.2) is 27.3 Å². The molecular formula is C18H20ClNO10. The normalized spacial score (nSPS) is 26.6. The number of hydrogen-bond donors (Lipinski definition) is 1. The van der Waals surface area contributed by atoms with Gasteiger partial charge in [0.1, 0.15) is 5.54 Å². The Hall–Kier alpha value is -2.79. The van der Waals surface area contributed by atoms with Gasteiger partial charge in [-0.15, -0.1) is 12.4 Å². The first kappa shape index (κ1) is 21.9. The average Bonchev–Trinajstić information content (AvgIpc) is 2.98. The monoisotopic (exact) mass is 445 g/mol. The Balaban J connectivity index is 0.00000256. The van der Waals surface area contributed by atoms with Crippen molar-refractivity contribution in [3.8, 4) is 0 Å². The molecular weight excluding hydrogens is 426 g/mol. The van der Waals surface area contributed by atoms with Gasteiger partial charge in [0.25, 0.3) is 0 Å². The number of ether oxygens (including phenoxy) is 2. The van der Waals surface area contributed by atoms with Crippen molar-refractivity contribution < 1.29 is 36.7 Å². The summed E-state index contributed by atoms with van der Waals surface area (Å²) in [5, 5.41) is 0. The average molecular weight is 446 g/mol. The van der Waals surface area contributed by atoms with E-state index in [9.17, 15) is 19.2 Å². The minimum atomic E-state index is -1.33. The van der Waals surface area contributed by atoms with Crippen LogP contribution < -0.4 is 17.4 Å². The molecule has 2 fully saturated rings. The highest BCUT2D eigenvalue weighted by molar-refractivity contribution is 5.87. The van der Waals surface area contributed by atoms with E-state index in [0.717, 1.165) is 0 Å². The highest BCUT2D eigenvalue weighted by Gasteiger charge is 2.70. The molecule has 2 N–H and O–H groups in total. The van der Waals surface area contributed by atoms with E-state index in [1.807, 2.05) is 0 Å². The second kappa shape index (κ2) is 7.80. The number of halogens is 1. The Bertz CT molecular complexity index is 1080. The van der Waals surface area contributed by atoms with Gasteiger partial charge in [-0.1, -0.05) is 0 Å². The third-order valence-corrected chi connectivity index (χ3v) is 5.66. The minimum absolute atomic E-state index is 0. The summed E-state index contributed by atoms with van der Waals surface area (Å²) in [5.74, 6) is -3.30. The van der Waals surface area contributed by atoms with Gasteiger partial charge in [-0.2, -0.15) is 0 Å². The van der Waals surface area contributed by atoms with Crippen LogP contribution in [-0.2, 0) is 32.3 Å². The van der Waals surface area contributed by atoms with E-state index in [1.54, 1.807) is 0 Å². The minimum Gasteiger partial charge on any atom is -0.457 e. The van der Waals surface area contributed by atoms with Crippen LogP contribution in [0.1, 0.15) is 35.9 Å². The first-order valence-electron chi connectivity index (χ1n) is 9.02. The molecule has 0 amide bonds. The van der Waals surface area contributed by atoms with Crippen LogP contribution in [-0.4, -0.2) is 17.5 Å². The Kier molecular flexibility index (Phi) is 5.70. The predicted octanol–water partition coefficient (Wildman–Crippen LogP) is 0.958. The van der Waals surface area contributed by atoms with Crippen molar-refractivity contribution in [2.45, 2.75) is 45.4 Å². The van der Waals surface area contributed by atoms with Crippen LogP contribution in [0, 0.1) is 31.6 Å². The lowest BCUT2D eigenvalue weighted by molar-refractivity contribution is -0.154. The summed E-state index contributed by atoms with van der Waals surface area (Å²) in [4.78, 5) is 47.1. The molecule has 0 spiro atoms. The zero-order chi connectivity index (χ0) is 20.9. The molecule has 4 atom stereocenters. The van der Waals surface area contributed by atoms with E-state index in [1.165, 1.54) is 13.8 Å². The molecule has 2 saturated carbocycles. The molecule has 2 aliphatic carbocycles. The molecule has 0 bridgehead atoms. The molecule has 0 saturated heterocycles. The molecule has 0 aliphatic heterocycles. The standard InChI is InChI=1S/C18H19NO10.ClH/c1-7-10(28-16(22)26-7)5-24-14(20)12-9-3-4-18(19,13(9)12)15(21)25-6-11-8(2)27-17(23)29-11;/h9,12-13H,3-6,19H2,1-2H3;1H/t9?,12-,13?,18-;/m0./s1. The smallest absolute Gasteiger partial charge is 0.457 e. The van der Waals surface area contributed by atoms with Gasteiger partial charge in [-0.25, -0.2) is 9.59 Å². The Labute approximate surface area is 174 Å². The number of fused-ring (bicyclic) bond motifs is 1. The third kappa shape index (κ3) is 3.70. The number of carbonyl (C=O) groups is 2. The molecule has 164 valence electrons. The van der Waals surface area contributed by atoms with Gasteiger partial charge < -0.3 is 32.9 Å². The molecule has 2 unspecified atom stereocenters. The third-order valence-electron chi connectivity index (χ3n) is 5.66. The summed E-state index contributed by atoms with van der Waals surface area (Å²) in [6.07, 6.45) is 0.949. The number of aryl methyl sites for hydroxylation is 2. The van der Waals surface area contributed by atoms with Crippen molar-refractivity contribution in [2.75, 3.05) is 0 Å². The summed E-state index contributed by atoms with van der Waals surface area (Å²) in [6.45, 7) is 2.49. The largest absolute Gasteiger partial charge is 0.519 e. The lowest BCUT2D eigenvalue weighted by Crippen LogP contribution is -2.50. The van der Waals surface area contributed by atoms with E-state index in [2.05, 4.69) is 0 Å². The van der Waals surface area contributed by atoms with Gasteiger partial charge in [0, 0.05) is 5.92 Å². The maximum Gasteiger partial charge on any atom is 0.519 e. The van der Waals surface area contributed by atoms with E-state index >= 15 is 0 Å². The van der Waals surface area contributed by atoms with Crippen molar-refractivity contribution in [3.05, 3.63) is 44.3 Å². The highest BCUT2D eigenvalue weighted by Crippen LogP contribution is 2.62. The van der Waals surface area contributed by atoms with Crippen molar-refractivity contribution in [1.29, 1.82) is 0 Å². The van der Waals surface area contributed by atoms with E-state index in [-0.39, 0.29) is 54.6 Å². The summed E-state index contributed by atoms with van der Waals surface area (Å²) in [6, 6.07) is 0. The quantitative estimate of drug-likeness (QED) is 0.629. The first-order chi connectivity index (χ1) is 13.7. The molecule has 30 heavy (non-hydrogen) atoms. The summed E-state index contributed by atoms with van der Waals surface area (Å²) in [5.41, 5.74) is 4.96. The summed E-state index contributed by atoms with van der Waals surface area (Å²) in [7, 11) is 0. The number of carbonyl (C=O) groups excluding carboxylic acids is 2. The molecule has 2 aliphatic rings. The number of esters is 2. The van der Waals surface area contributed by atoms with Crippen LogP contribution in [0.3, 0.4) is 0 Å². The highest BCUT2D eigenvalue weighted by atomic mass is 35.5. The van der Waals surface area contributed by atoms with Gasteiger partial charge in [0.2, 0.25) is 0 Å². The van der Waals surface area contributed by atoms with Crippen molar-refractivity contribution in [3.63, 3.8) is 0 Å². The van der Waals surface area contributed by atoms with E-state index in [0.29, 0.717) is 12.8 Å². The number of rotatable bonds is 6. The van der Waals surface area contributed by atoms with E-state index in [4.69, 9.17) is 32.9 Å². The fraction of sp³-hybridized carbons (Fsp3) is 0.556. The SMILES string of the molecule is Cc1oc(=O)oc1COC(=O)[C@H]1C2CC[C@@](N)(C(=O)OCc3oc(=O)oc3C)C21.Cl. The predicted molar refractivity (Wildman–Crippen MR) is 97.4 cm³/mol. The van der Waals surface area contributed by atoms with Gasteiger partial charge in [-0.05, 0) is 32.6 Å². The molecule has 4 rings (SSSR count). The van der Waals surface area contributed by atoms with Crippen LogP contribution in [0.5, 0.6) is 0 Å². The van der Waals surface area contributed by atoms with Gasteiger partial charge >= 0.3 is 23.6 Å². The van der Waals surface area contributed by atoms with Gasteiger partial charge in [0.05, 0.1) is 5.92 Å². The van der Waals surface area contributed by atoms with Crippen molar-refractivity contribution >= 4 is 24.3 Å². The number of nitrogens with two attached hydrogens (primary N) is 1. The van der Waals surface area contributed by atoms with Crippen LogP contribution in [0.2, 0.25) is 0 Å². The topological polar surface area (TPSA) is 165 Å². The van der Waals surface area contributed by atoms with Crippen molar-refractivity contribution in [2.24, 2.45) is 23.5 Å². The molecule has 11 nitrogen and oxygen atoms in total. The van der Waals surface area contributed by atoms with Crippen LogP contribution >= 0.6 is 12.4 Å². The maximum absolute atomic E-state index is 12.6. The fourth-order valence-electron chi connectivity index (χ4n) is 4.08. The van der Waals surface area contributed by atoms with E-state index < -0.39 is 41.0 Å². The van der Waals surface area contributed by atoms with Crippen molar-refractivity contribution in [1.82, 2.24) is 0 Å². The fourth-order valence-corrected chi connectivity index (χ4v) is 4.08. The summed E-state index contributed by atoms with van der Waals surface area (Å²) >= 11 is 0. The molecule has 2 aromatic rings. The molecule has 2 heterocycles.